The largest absolute Gasteiger partial charge is 0.392 e. The third kappa shape index (κ3) is 3.79. The Balaban J connectivity index is 1.34. The van der Waals surface area contributed by atoms with Gasteiger partial charge in [0.25, 0.3) is 5.91 Å². The van der Waals surface area contributed by atoms with Crippen LogP contribution in [0.5, 0.6) is 0 Å². The van der Waals surface area contributed by atoms with Gasteiger partial charge < -0.3 is 10.0 Å². The summed E-state index contributed by atoms with van der Waals surface area (Å²) in [6, 6.07) is 4.42. The molecule has 2 aromatic heterocycles. The number of thiophene rings is 1. The summed E-state index contributed by atoms with van der Waals surface area (Å²) in [5.74, 6) is 0.679. The van der Waals surface area contributed by atoms with Gasteiger partial charge in [0.2, 0.25) is 0 Å². The quantitative estimate of drug-likeness (QED) is 0.895. The first-order valence-corrected chi connectivity index (χ1v) is 10.2. The minimum atomic E-state index is -0.192. The number of likely N-dealkylation sites (tertiary alicyclic amines) is 2. The molecule has 0 saturated carbocycles. The summed E-state index contributed by atoms with van der Waals surface area (Å²) in [6.45, 7) is 3.34. The second kappa shape index (κ2) is 7.82. The van der Waals surface area contributed by atoms with E-state index in [4.69, 9.17) is 0 Å². The molecule has 1 atom stereocenters. The van der Waals surface area contributed by atoms with Crippen LogP contribution < -0.4 is 0 Å². The standard InChI is InChI=1S/C19H24N4O2S/c24-16-3-1-7-23(13-16)15-5-8-22(9-6-15)19(25)14-11-20-18(21-12-14)17-4-2-10-26-17/h2,4,10-12,15-16,24H,1,3,5-9,13H2. The van der Waals surface area contributed by atoms with Gasteiger partial charge in [-0.05, 0) is 43.7 Å². The SMILES string of the molecule is O=C(c1cnc(-c2cccs2)nc1)N1CCC(N2CCCC(O)C2)CC1. The molecule has 6 nitrogen and oxygen atoms in total. The maximum atomic E-state index is 12.7. The summed E-state index contributed by atoms with van der Waals surface area (Å²) < 4.78 is 0. The molecule has 26 heavy (non-hydrogen) atoms. The number of piperidine rings is 2. The molecule has 4 heterocycles. The fourth-order valence-corrected chi connectivity index (χ4v) is 4.57. The lowest BCUT2D eigenvalue weighted by atomic mass is 9.98. The Morgan fingerprint density at radius 3 is 2.58 bits per heavy atom. The highest BCUT2D eigenvalue weighted by atomic mass is 32.1. The van der Waals surface area contributed by atoms with Crippen LogP contribution in [0.2, 0.25) is 0 Å². The Kier molecular flexibility index (Phi) is 5.28. The monoisotopic (exact) mass is 372 g/mol. The summed E-state index contributed by atoms with van der Waals surface area (Å²) in [7, 11) is 0. The zero-order valence-corrected chi connectivity index (χ0v) is 15.6. The molecule has 2 aromatic rings. The lowest BCUT2D eigenvalue weighted by Gasteiger charge is -2.41. The van der Waals surface area contributed by atoms with Gasteiger partial charge in [-0.1, -0.05) is 6.07 Å². The number of hydrogen-bond acceptors (Lipinski definition) is 6. The Hall–Kier alpha value is -1.83. The van der Waals surface area contributed by atoms with Crippen LogP contribution in [-0.4, -0.2) is 69.1 Å². The van der Waals surface area contributed by atoms with Gasteiger partial charge in [-0.15, -0.1) is 11.3 Å². The fourth-order valence-electron chi connectivity index (χ4n) is 3.90. The molecule has 0 bridgehead atoms. The molecule has 2 saturated heterocycles. The lowest BCUT2D eigenvalue weighted by molar-refractivity contribution is 0.0240. The van der Waals surface area contributed by atoms with Crippen LogP contribution in [0.4, 0.5) is 0 Å². The average molecular weight is 372 g/mol. The maximum absolute atomic E-state index is 12.7. The van der Waals surface area contributed by atoms with E-state index in [-0.39, 0.29) is 12.0 Å². The predicted molar refractivity (Wildman–Crippen MR) is 101 cm³/mol. The molecule has 1 unspecified atom stereocenters. The van der Waals surface area contributed by atoms with E-state index in [9.17, 15) is 9.90 Å². The number of aromatic nitrogens is 2. The molecular formula is C19H24N4O2S. The highest BCUT2D eigenvalue weighted by molar-refractivity contribution is 7.13. The van der Waals surface area contributed by atoms with Gasteiger partial charge in [0, 0.05) is 38.1 Å². The van der Waals surface area contributed by atoms with Crippen molar-refractivity contribution in [2.75, 3.05) is 26.2 Å². The number of carbonyl (C=O) groups excluding carboxylic acids is 1. The van der Waals surface area contributed by atoms with Gasteiger partial charge in [0.15, 0.2) is 5.82 Å². The molecule has 1 amide bonds. The molecule has 0 spiro atoms. The smallest absolute Gasteiger partial charge is 0.256 e. The zero-order chi connectivity index (χ0) is 17.9. The summed E-state index contributed by atoms with van der Waals surface area (Å²) in [4.78, 5) is 26.7. The van der Waals surface area contributed by atoms with Crippen molar-refractivity contribution in [2.24, 2.45) is 0 Å². The van der Waals surface area contributed by atoms with Crippen LogP contribution in [-0.2, 0) is 0 Å². The van der Waals surface area contributed by atoms with E-state index in [1.807, 2.05) is 22.4 Å². The molecule has 2 aliphatic rings. The maximum Gasteiger partial charge on any atom is 0.256 e. The first-order valence-electron chi connectivity index (χ1n) is 9.28. The minimum absolute atomic E-state index is 0.0138. The lowest BCUT2D eigenvalue weighted by Crippen LogP contribution is -2.50. The molecule has 2 aliphatic heterocycles. The summed E-state index contributed by atoms with van der Waals surface area (Å²) in [6.07, 6.45) is 6.99. The van der Waals surface area contributed by atoms with Crippen LogP contribution in [0.1, 0.15) is 36.0 Å². The van der Waals surface area contributed by atoms with Crippen LogP contribution in [0.25, 0.3) is 10.7 Å². The van der Waals surface area contributed by atoms with Crippen molar-refractivity contribution in [2.45, 2.75) is 37.8 Å². The topological polar surface area (TPSA) is 69.6 Å². The van der Waals surface area contributed by atoms with E-state index in [0.29, 0.717) is 17.4 Å². The van der Waals surface area contributed by atoms with Crippen LogP contribution >= 0.6 is 11.3 Å². The molecule has 138 valence electrons. The number of hydrogen-bond donors (Lipinski definition) is 1. The first-order chi connectivity index (χ1) is 12.7. The van der Waals surface area contributed by atoms with Crippen molar-refractivity contribution in [3.05, 3.63) is 35.5 Å². The number of carbonyl (C=O) groups is 1. The van der Waals surface area contributed by atoms with Gasteiger partial charge in [-0.25, -0.2) is 9.97 Å². The summed E-state index contributed by atoms with van der Waals surface area (Å²) in [5, 5.41) is 11.9. The average Bonchev–Trinajstić information content (AvgIpc) is 3.23. The van der Waals surface area contributed by atoms with Gasteiger partial charge in [-0.3, -0.25) is 9.69 Å². The highest BCUT2D eigenvalue weighted by Crippen LogP contribution is 2.23. The number of amides is 1. The Morgan fingerprint density at radius 2 is 1.92 bits per heavy atom. The molecule has 0 radical (unpaired) electrons. The van der Waals surface area contributed by atoms with E-state index in [2.05, 4.69) is 14.9 Å². The van der Waals surface area contributed by atoms with E-state index in [1.54, 1.807) is 23.7 Å². The molecular weight excluding hydrogens is 348 g/mol. The van der Waals surface area contributed by atoms with Crippen molar-refractivity contribution in [3.8, 4) is 10.7 Å². The second-order valence-corrected chi connectivity index (χ2v) is 8.03. The molecule has 2 fully saturated rings. The molecule has 1 N–H and O–H groups in total. The molecule has 0 aromatic carbocycles. The van der Waals surface area contributed by atoms with Gasteiger partial charge >= 0.3 is 0 Å². The fraction of sp³-hybridized carbons (Fsp3) is 0.526. The third-order valence-electron chi connectivity index (χ3n) is 5.34. The minimum Gasteiger partial charge on any atom is -0.392 e. The zero-order valence-electron chi connectivity index (χ0n) is 14.8. The molecule has 4 rings (SSSR count). The van der Waals surface area contributed by atoms with Gasteiger partial charge in [0.1, 0.15) is 0 Å². The van der Waals surface area contributed by atoms with E-state index in [0.717, 1.165) is 56.7 Å². The van der Waals surface area contributed by atoms with Crippen LogP contribution in [0.3, 0.4) is 0 Å². The summed E-state index contributed by atoms with van der Waals surface area (Å²) in [5.41, 5.74) is 0.553. The van der Waals surface area contributed by atoms with Gasteiger partial charge in [0.05, 0.1) is 16.5 Å². The van der Waals surface area contributed by atoms with Crippen molar-refractivity contribution in [1.82, 2.24) is 19.8 Å². The van der Waals surface area contributed by atoms with Crippen molar-refractivity contribution in [3.63, 3.8) is 0 Å². The Morgan fingerprint density at radius 1 is 1.15 bits per heavy atom. The number of rotatable bonds is 3. The summed E-state index contributed by atoms with van der Waals surface area (Å²) >= 11 is 1.59. The number of nitrogens with zero attached hydrogens (tertiary/aromatic N) is 4. The third-order valence-corrected chi connectivity index (χ3v) is 6.20. The number of β-amino-alcohol motifs (C(OH)–C–C–N with tert-alkyl or cyclic N) is 1. The molecule has 7 heteroatoms. The Bertz CT molecular complexity index is 727. The van der Waals surface area contributed by atoms with Crippen LogP contribution in [0.15, 0.2) is 29.9 Å². The normalized spacial score (nSPS) is 22.5. The van der Waals surface area contributed by atoms with Crippen molar-refractivity contribution < 1.29 is 9.90 Å². The number of aliphatic hydroxyl groups excluding tert-OH is 1. The Labute approximate surface area is 157 Å². The van der Waals surface area contributed by atoms with E-state index >= 15 is 0 Å². The van der Waals surface area contributed by atoms with Gasteiger partial charge in [-0.2, -0.15) is 0 Å². The number of aliphatic hydroxyl groups is 1. The second-order valence-electron chi connectivity index (χ2n) is 7.09. The van der Waals surface area contributed by atoms with E-state index in [1.165, 1.54) is 0 Å². The van der Waals surface area contributed by atoms with Crippen LogP contribution in [0, 0.1) is 0 Å². The highest BCUT2D eigenvalue weighted by Gasteiger charge is 2.30. The molecule has 0 aliphatic carbocycles. The van der Waals surface area contributed by atoms with Crippen molar-refractivity contribution >= 4 is 17.2 Å². The first kappa shape index (κ1) is 17.6. The predicted octanol–water partition coefficient (Wildman–Crippen LogP) is 2.27. The van der Waals surface area contributed by atoms with Crippen molar-refractivity contribution in [1.29, 1.82) is 0 Å². The van der Waals surface area contributed by atoms with E-state index < -0.39 is 0 Å².